The van der Waals surface area contributed by atoms with Crippen molar-refractivity contribution in [3.05, 3.63) is 90.5 Å². The van der Waals surface area contributed by atoms with Gasteiger partial charge in [0.2, 0.25) is 0 Å². The number of carbonyl (C=O) groups excluding carboxylic acids is 1. The molecule has 0 N–H and O–H groups in total. The number of fused-ring (bicyclic) bond motifs is 3. The second-order valence-electron chi connectivity index (χ2n) is 5.79. The van der Waals surface area contributed by atoms with Gasteiger partial charge in [-0.05, 0) is 40.3 Å². The standard InChI is InChI=1S/C22H16O2/c1-2-21(23)24-20-13-12-18-17-11-7-6-10-16(17)14-19(18)22(20)15-8-4-3-5-9-15/h2-13H,1,14H2. The van der Waals surface area contributed by atoms with Gasteiger partial charge in [0, 0.05) is 11.6 Å². The van der Waals surface area contributed by atoms with Gasteiger partial charge in [0.25, 0.3) is 0 Å². The number of carbonyl (C=O) groups is 1. The van der Waals surface area contributed by atoms with E-state index in [0.29, 0.717) is 5.75 Å². The summed E-state index contributed by atoms with van der Waals surface area (Å²) in [5.41, 5.74) is 7.01. The molecular weight excluding hydrogens is 296 g/mol. The first-order valence-corrected chi connectivity index (χ1v) is 7.92. The summed E-state index contributed by atoms with van der Waals surface area (Å²) in [6.07, 6.45) is 2.03. The summed E-state index contributed by atoms with van der Waals surface area (Å²) in [6.45, 7) is 3.49. The van der Waals surface area contributed by atoms with E-state index in [2.05, 4.69) is 30.8 Å². The third-order valence-electron chi connectivity index (χ3n) is 4.39. The summed E-state index contributed by atoms with van der Waals surface area (Å²) in [5.74, 6) is 0.139. The second-order valence-corrected chi connectivity index (χ2v) is 5.79. The van der Waals surface area contributed by atoms with Crippen LogP contribution < -0.4 is 4.74 Å². The van der Waals surface area contributed by atoms with Crippen molar-refractivity contribution in [3.63, 3.8) is 0 Å². The Labute approximate surface area is 141 Å². The van der Waals surface area contributed by atoms with E-state index in [9.17, 15) is 4.79 Å². The van der Waals surface area contributed by atoms with Crippen molar-refractivity contribution in [1.82, 2.24) is 0 Å². The van der Waals surface area contributed by atoms with Crippen LogP contribution in [0.15, 0.2) is 79.4 Å². The fourth-order valence-corrected chi connectivity index (χ4v) is 3.35. The Balaban J connectivity index is 1.94. The second kappa shape index (κ2) is 5.82. The molecule has 0 heterocycles. The molecule has 0 saturated heterocycles. The molecule has 0 unspecified atom stereocenters. The van der Waals surface area contributed by atoms with E-state index in [1.165, 1.54) is 28.3 Å². The lowest BCUT2D eigenvalue weighted by molar-refractivity contribution is -0.128. The molecule has 1 aliphatic rings. The van der Waals surface area contributed by atoms with Crippen molar-refractivity contribution >= 4 is 5.97 Å². The highest BCUT2D eigenvalue weighted by Gasteiger charge is 2.24. The molecule has 0 fully saturated rings. The molecule has 0 radical (unpaired) electrons. The van der Waals surface area contributed by atoms with E-state index in [-0.39, 0.29) is 0 Å². The minimum atomic E-state index is -0.442. The van der Waals surface area contributed by atoms with Crippen molar-refractivity contribution in [2.45, 2.75) is 6.42 Å². The maximum atomic E-state index is 11.7. The predicted molar refractivity (Wildman–Crippen MR) is 96.0 cm³/mol. The van der Waals surface area contributed by atoms with Crippen LogP contribution in [-0.4, -0.2) is 5.97 Å². The van der Waals surface area contributed by atoms with Crippen molar-refractivity contribution in [2.75, 3.05) is 0 Å². The van der Waals surface area contributed by atoms with Gasteiger partial charge >= 0.3 is 5.97 Å². The van der Waals surface area contributed by atoms with Gasteiger partial charge in [0.15, 0.2) is 0 Å². The predicted octanol–water partition coefficient (Wildman–Crippen LogP) is 5.02. The molecule has 0 spiro atoms. The molecule has 2 nitrogen and oxygen atoms in total. The van der Waals surface area contributed by atoms with Gasteiger partial charge in [0.05, 0.1) is 0 Å². The van der Waals surface area contributed by atoms with Crippen LogP contribution in [0.1, 0.15) is 11.1 Å². The highest BCUT2D eigenvalue weighted by Crippen LogP contribution is 2.45. The van der Waals surface area contributed by atoms with Crippen LogP contribution in [-0.2, 0) is 11.2 Å². The smallest absolute Gasteiger partial charge is 0.335 e. The SMILES string of the molecule is C=CC(=O)Oc1ccc2c(c1-c1ccccc1)Cc1ccccc1-2. The fourth-order valence-electron chi connectivity index (χ4n) is 3.35. The normalized spacial score (nSPS) is 11.5. The van der Waals surface area contributed by atoms with Crippen LogP contribution in [0.4, 0.5) is 0 Å². The van der Waals surface area contributed by atoms with E-state index >= 15 is 0 Å². The molecule has 2 heteroatoms. The van der Waals surface area contributed by atoms with Crippen LogP contribution in [0, 0.1) is 0 Å². The molecule has 0 saturated carbocycles. The summed E-state index contributed by atoms with van der Waals surface area (Å²) >= 11 is 0. The van der Waals surface area contributed by atoms with Gasteiger partial charge in [0.1, 0.15) is 5.75 Å². The highest BCUT2D eigenvalue weighted by molar-refractivity contribution is 5.91. The molecule has 0 aliphatic heterocycles. The Morgan fingerprint density at radius 2 is 1.67 bits per heavy atom. The van der Waals surface area contributed by atoms with E-state index in [0.717, 1.165) is 17.5 Å². The maximum Gasteiger partial charge on any atom is 0.335 e. The maximum absolute atomic E-state index is 11.7. The van der Waals surface area contributed by atoms with Crippen LogP contribution in [0.2, 0.25) is 0 Å². The zero-order valence-corrected chi connectivity index (χ0v) is 13.2. The molecule has 24 heavy (non-hydrogen) atoms. The minimum absolute atomic E-state index is 0.442. The third kappa shape index (κ3) is 2.33. The number of rotatable bonds is 3. The molecule has 0 bridgehead atoms. The Hall–Kier alpha value is -3.13. The van der Waals surface area contributed by atoms with E-state index in [4.69, 9.17) is 4.74 Å². The summed E-state index contributed by atoms with van der Waals surface area (Å²) in [6, 6.07) is 22.4. The van der Waals surface area contributed by atoms with Crippen molar-refractivity contribution in [3.8, 4) is 28.0 Å². The summed E-state index contributed by atoms with van der Waals surface area (Å²) in [4.78, 5) is 11.7. The van der Waals surface area contributed by atoms with E-state index in [1.54, 1.807) is 0 Å². The van der Waals surface area contributed by atoms with Crippen molar-refractivity contribution in [1.29, 1.82) is 0 Å². The molecule has 0 aromatic heterocycles. The van der Waals surface area contributed by atoms with Gasteiger partial charge in [-0.25, -0.2) is 4.79 Å². The van der Waals surface area contributed by atoms with Crippen LogP contribution in [0.5, 0.6) is 5.75 Å². The van der Waals surface area contributed by atoms with E-state index in [1.807, 2.05) is 42.5 Å². The number of benzene rings is 3. The van der Waals surface area contributed by atoms with Crippen LogP contribution in [0.3, 0.4) is 0 Å². The first-order chi connectivity index (χ1) is 11.8. The molecule has 0 amide bonds. The zero-order valence-electron chi connectivity index (χ0n) is 13.2. The number of ether oxygens (including phenoxy) is 1. The molecular formula is C22H16O2. The Morgan fingerprint density at radius 1 is 0.917 bits per heavy atom. The average molecular weight is 312 g/mol. The van der Waals surface area contributed by atoms with Crippen molar-refractivity contribution in [2.24, 2.45) is 0 Å². The average Bonchev–Trinajstić information content (AvgIpc) is 3.00. The summed E-state index contributed by atoms with van der Waals surface area (Å²) < 4.78 is 5.52. The quantitative estimate of drug-likeness (QED) is 0.302. The van der Waals surface area contributed by atoms with Crippen LogP contribution in [0.25, 0.3) is 22.3 Å². The number of esters is 1. The fraction of sp³-hybridized carbons (Fsp3) is 0.0455. The summed E-state index contributed by atoms with van der Waals surface area (Å²) in [7, 11) is 0. The lowest BCUT2D eigenvalue weighted by Gasteiger charge is -2.14. The Morgan fingerprint density at radius 3 is 2.46 bits per heavy atom. The van der Waals surface area contributed by atoms with Gasteiger partial charge in [-0.2, -0.15) is 0 Å². The molecule has 1 aliphatic carbocycles. The molecule has 0 atom stereocenters. The molecule has 4 rings (SSSR count). The molecule has 3 aromatic rings. The minimum Gasteiger partial charge on any atom is -0.423 e. The molecule has 3 aromatic carbocycles. The van der Waals surface area contributed by atoms with Crippen LogP contribution >= 0.6 is 0 Å². The number of hydrogen-bond acceptors (Lipinski definition) is 2. The first-order valence-electron chi connectivity index (χ1n) is 7.92. The van der Waals surface area contributed by atoms with Gasteiger partial charge in [-0.3, -0.25) is 0 Å². The lowest BCUT2D eigenvalue weighted by Crippen LogP contribution is -2.05. The van der Waals surface area contributed by atoms with Gasteiger partial charge in [-0.1, -0.05) is 67.2 Å². The van der Waals surface area contributed by atoms with Crippen molar-refractivity contribution < 1.29 is 9.53 Å². The highest BCUT2D eigenvalue weighted by atomic mass is 16.5. The Kier molecular flexibility index (Phi) is 3.51. The summed E-state index contributed by atoms with van der Waals surface area (Å²) in [5, 5.41) is 0. The van der Waals surface area contributed by atoms with Gasteiger partial charge < -0.3 is 4.74 Å². The zero-order chi connectivity index (χ0) is 16.5. The largest absolute Gasteiger partial charge is 0.423 e. The lowest BCUT2D eigenvalue weighted by atomic mass is 9.94. The monoisotopic (exact) mass is 312 g/mol. The topological polar surface area (TPSA) is 26.3 Å². The van der Waals surface area contributed by atoms with Gasteiger partial charge in [-0.15, -0.1) is 0 Å². The first kappa shape index (κ1) is 14.5. The third-order valence-corrected chi connectivity index (χ3v) is 4.39. The number of hydrogen-bond donors (Lipinski definition) is 0. The Bertz CT molecular complexity index is 939. The molecule has 116 valence electrons. The van der Waals surface area contributed by atoms with E-state index < -0.39 is 5.97 Å².